The smallest absolute Gasteiger partial charge is 0.250 e. The molecule has 6 rings (SSSR count). The maximum absolute atomic E-state index is 13.9. The van der Waals surface area contributed by atoms with Crippen LogP contribution in [-0.2, 0) is 19.9 Å². The van der Waals surface area contributed by atoms with E-state index in [9.17, 15) is 14.4 Å². The number of halogens is 1. The molecule has 2 aromatic rings. The highest BCUT2D eigenvalue weighted by Gasteiger charge is 2.74. The van der Waals surface area contributed by atoms with Crippen molar-refractivity contribution in [3.05, 3.63) is 58.1 Å². The van der Waals surface area contributed by atoms with Gasteiger partial charge in [0.05, 0.1) is 28.2 Å². The summed E-state index contributed by atoms with van der Waals surface area (Å²) in [5.74, 6) is -2.03. The molecule has 3 saturated heterocycles. The molecule has 4 aliphatic heterocycles. The summed E-state index contributed by atoms with van der Waals surface area (Å²) >= 11 is 6.50. The Morgan fingerprint density at radius 2 is 1.87 bits per heavy atom. The number of hydrogen-bond acceptors (Lipinski definition) is 4. The minimum atomic E-state index is -1.19. The lowest BCUT2D eigenvalue weighted by molar-refractivity contribution is -0.135. The van der Waals surface area contributed by atoms with Crippen molar-refractivity contribution < 1.29 is 14.4 Å². The van der Waals surface area contributed by atoms with Gasteiger partial charge in [-0.2, -0.15) is 0 Å². The van der Waals surface area contributed by atoms with E-state index < -0.39 is 17.4 Å². The highest BCUT2D eigenvalue weighted by molar-refractivity contribution is 6.35. The van der Waals surface area contributed by atoms with Gasteiger partial charge in [0.15, 0.2) is 0 Å². The summed E-state index contributed by atoms with van der Waals surface area (Å²) in [6.07, 6.45) is 1.69. The molecule has 1 spiro atoms. The summed E-state index contributed by atoms with van der Waals surface area (Å²) in [7, 11) is 0. The Bertz CT molecular complexity index is 1190. The molecule has 0 aliphatic carbocycles. The van der Waals surface area contributed by atoms with Gasteiger partial charge in [0, 0.05) is 11.6 Å². The summed E-state index contributed by atoms with van der Waals surface area (Å²) in [6, 6.07) is 11.0. The predicted molar refractivity (Wildman–Crippen MR) is 117 cm³/mol. The van der Waals surface area contributed by atoms with Crippen molar-refractivity contribution >= 4 is 40.7 Å². The molecule has 158 valence electrons. The molecule has 4 heterocycles. The van der Waals surface area contributed by atoms with E-state index in [2.05, 4.69) is 10.2 Å². The molecular weight excluding hydrogens is 414 g/mol. The Balaban J connectivity index is 1.60. The van der Waals surface area contributed by atoms with Crippen molar-refractivity contribution in [2.75, 3.05) is 16.8 Å². The van der Waals surface area contributed by atoms with Gasteiger partial charge in [0.1, 0.15) is 5.54 Å². The monoisotopic (exact) mass is 435 g/mol. The fraction of sp³-hybridized carbons (Fsp3) is 0.375. The lowest BCUT2D eigenvalue weighted by Crippen LogP contribution is -2.54. The maximum atomic E-state index is 13.9. The fourth-order valence-electron chi connectivity index (χ4n) is 6.45. The van der Waals surface area contributed by atoms with Gasteiger partial charge in [-0.25, -0.2) is 4.90 Å². The summed E-state index contributed by atoms with van der Waals surface area (Å²) < 4.78 is 0. The zero-order valence-corrected chi connectivity index (χ0v) is 18.1. The lowest BCUT2D eigenvalue weighted by atomic mass is 9.75. The number of hydrogen-bond donors (Lipinski definition) is 1. The third-order valence-electron chi connectivity index (χ3n) is 7.55. The van der Waals surface area contributed by atoms with Gasteiger partial charge in [-0.3, -0.25) is 19.3 Å². The maximum Gasteiger partial charge on any atom is 0.250 e. The van der Waals surface area contributed by atoms with Crippen molar-refractivity contribution in [3.63, 3.8) is 0 Å². The summed E-state index contributed by atoms with van der Waals surface area (Å²) in [5, 5.41) is 3.42. The SMILES string of the molecule is Cc1cc(Cl)c2c(c1)[C@]1(C(=O)N2)[C@@H]2C(=O)N(c3ccccc3C)C(=O)[C@@H]2[C@@H]2CCCN21. The molecule has 4 atom stereocenters. The number of benzene rings is 2. The Morgan fingerprint density at radius 1 is 1.10 bits per heavy atom. The molecule has 2 aromatic carbocycles. The summed E-state index contributed by atoms with van der Waals surface area (Å²) in [5.41, 5.74) is 2.49. The molecular formula is C24H22ClN3O3. The number of amides is 3. The van der Waals surface area contributed by atoms with Crippen LogP contribution >= 0.6 is 11.6 Å². The van der Waals surface area contributed by atoms with Crippen molar-refractivity contribution in [2.24, 2.45) is 11.8 Å². The number of imide groups is 1. The number of para-hydroxylation sites is 1. The van der Waals surface area contributed by atoms with Gasteiger partial charge in [-0.1, -0.05) is 35.9 Å². The van der Waals surface area contributed by atoms with E-state index in [0.717, 1.165) is 29.5 Å². The van der Waals surface area contributed by atoms with Crippen molar-refractivity contribution in [2.45, 2.75) is 38.3 Å². The van der Waals surface area contributed by atoms with E-state index in [1.54, 1.807) is 6.07 Å². The number of carbonyl (C=O) groups excluding carboxylic acids is 3. The van der Waals surface area contributed by atoms with Crippen LogP contribution in [0.25, 0.3) is 0 Å². The number of anilines is 2. The molecule has 0 aromatic heterocycles. The van der Waals surface area contributed by atoms with E-state index in [4.69, 9.17) is 11.6 Å². The molecule has 0 radical (unpaired) electrons. The highest BCUT2D eigenvalue weighted by atomic mass is 35.5. The number of fused-ring (bicyclic) bond motifs is 7. The average molecular weight is 436 g/mol. The van der Waals surface area contributed by atoms with E-state index in [0.29, 0.717) is 22.9 Å². The number of carbonyl (C=O) groups is 3. The van der Waals surface area contributed by atoms with Crippen LogP contribution in [0.1, 0.15) is 29.5 Å². The predicted octanol–water partition coefficient (Wildman–Crippen LogP) is 3.39. The Morgan fingerprint density at radius 3 is 2.65 bits per heavy atom. The summed E-state index contributed by atoms with van der Waals surface area (Å²) in [4.78, 5) is 44.8. The standard InChI is InChI=1S/C24H22ClN3O3/c1-12-10-14-20(15(25)11-12)26-23(31)24(14)19-18(17-8-5-9-27(17)24)21(29)28(22(19)30)16-7-4-3-6-13(16)2/h3-4,6-7,10-11,17-19H,5,8-9H2,1-2H3,(H,26,31)/t17-,18+,19-,24+/m0/s1. The van der Waals surface area contributed by atoms with E-state index in [1.807, 2.05) is 44.2 Å². The average Bonchev–Trinajstić information content (AvgIpc) is 3.42. The van der Waals surface area contributed by atoms with Crippen LogP contribution in [-0.4, -0.2) is 35.2 Å². The van der Waals surface area contributed by atoms with Gasteiger partial charge >= 0.3 is 0 Å². The minimum Gasteiger partial charge on any atom is -0.323 e. The van der Waals surface area contributed by atoms with Crippen molar-refractivity contribution in [1.82, 2.24) is 4.90 Å². The topological polar surface area (TPSA) is 69.7 Å². The molecule has 6 nitrogen and oxygen atoms in total. The second-order valence-corrected chi connectivity index (χ2v) is 9.50. The van der Waals surface area contributed by atoms with Crippen LogP contribution in [0.3, 0.4) is 0 Å². The first-order chi connectivity index (χ1) is 14.9. The Labute approximate surface area is 185 Å². The molecule has 1 N–H and O–H groups in total. The second kappa shape index (κ2) is 6.17. The molecule has 0 saturated carbocycles. The van der Waals surface area contributed by atoms with Crippen LogP contribution in [0.4, 0.5) is 11.4 Å². The first-order valence-electron chi connectivity index (χ1n) is 10.7. The van der Waals surface area contributed by atoms with Crippen LogP contribution in [0, 0.1) is 25.7 Å². The number of nitrogens with one attached hydrogen (secondary N) is 1. The summed E-state index contributed by atoms with van der Waals surface area (Å²) in [6.45, 7) is 4.50. The Hall–Kier alpha value is -2.70. The normalized spacial score (nSPS) is 31.4. The third-order valence-corrected chi connectivity index (χ3v) is 7.85. The molecule has 31 heavy (non-hydrogen) atoms. The lowest BCUT2D eigenvalue weighted by Gasteiger charge is -2.37. The molecule has 0 unspecified atom stereocenters. The number of aryl methyl sites for hydroxylation is 2. The van der Waals surface area contributed by atoms with Gasteiger partial charge in [-0.15, -0.1) is 0 Å². The molecule has 3 fully saturated rings. The van der Waals surface area contributed by atoms with Crippen LogP contribution in [0.2, 0.25) is 5.02 Å². The van der Waals surface area contributed by atoms with E-state index in [1.165, 1.54) is 4.90 Å². The Kier molecular flexibility index (Phi) is 3.79. The highest BCUT2D eigenvalue weighted by Crippen LogP contribution is 2.61. The zero-order valence-electron chi connectivity index (χ0n) is 17.3. The van der Waals surface area contributed by atoms with Gasteiger partial charge in [0.2, 0.25) is 11.8 Å². The molecule has 0 bridgehead atoms. The van der Waals surface area contributed by atoms with E-state index >= 15 is 0 Å². The third kappa shape index (κ3) is 2.14. The number of rotatable bonds is 1. The first-order valence-corrected chi connectivity index (χ1v) is 11.1. The van der Waals surface area contributed by atoms with Crippen LogP contribution in [0.5, 0.6) is 0 Å². The molecule has 3 amide bonds. The number of nitrogens with zero attached hydrogens (tertiary/aromatic N) is 2. The minimum absolute atomic E-state index is 0.133. The second-order valence-electron chi connectivity index (χ2n) is 9.09. The molecule has 7 heteroatoms. The van der Waals surface area contributed by atoms with Gasteiger partial charge in [-0.05, 0) is 56.5 Å². The zero-order chi connectivity index (χ0) is 21.7. The van der Waals surface area contributed by atoms with Crippen LogP contribution < -0.4 is 10.2 Å². The van der Waals surface area contributed by atoms with Crippen LogP contribution in [0.15, 0.2) is 36.4 Å². The molecule has 4 aliphatic rings. The first kappa shape index (κ1) is 19.0. The fourth-order valence-corrected chi connectivity index (χ4v) is 6.77. The quantitative estimate of drug-likeness (QED) is 0.697. The van der Waals surface area contributed by atoms with E-state index in [-0.39, 0.29) is 23.8 Å². The van der Waals surface area contributed by atoms with Crippen molar-refractivity contribution in [1.29, 1.82) is 0 Å². The van der Waals surface area contributed by atoms with Gasteiger partial charge < -0.3 is 5.32 Å². The largest absolute Gasteiger partial charge is 0.323 e. The van der Waals surface area contributed by atoms with Gasteiger partial charge in [0.25, 0.3) is 5.91 Å². The van der Waals surface area contributed by atoms with Crippen molar-refractivity contribution in [3.8, 4) is 0 Å².